The minimum Gasteiger partial charge on any atom is -0.493 e. The zero-order valence-electron chi connectivity index (χ0n) is 13.3. The molecule has 3 rings (SSSR count). The Morgan fingerprint density at radius 2 is 1.83 bits per heavy atom. The van der Waals surface area contributed by atoms with Gasteiger partial charge in [0, 0.05) is 11.1 Å². The zero-order chi connectivity index (χ0) is 16.9. The van der Waals surface area contributed by atoms with Gasteiger partial charge in [-0.15, -0.1) is 0 Å². The maximum absolute atomic E-state index is 14.1. The molecule has 0 spiro atoms. The van der Waals surface area contributed by atoms with Gasteiger partial charge in [0.1, 0.15) is 11.6 Å². The molecule has 0 fully saturated rings. The molecule has 0 N–H and O–H groups in total. The quantitative estimate of drug-likeness (QED) is 0.474. The van der Waals surface area contributed by atoms with Crippen molar-refractivity contribution in [1.82, 2.24) is 0 Å². The minimum atomic E-state index is -0.413. The van der Waals surface area contributed by atoms with Gasteiger partial charge in [0.25, 0.3) is 0 Å². The van der Waals surface area contributed by atoms with E-state index < -0.39 is 5.82 Å². The molecule has 0 bridgehead atoms. The number of ether oxygens (including phenoxy) is 1. The molecule has 3 aromatic rings. The van der Waals surface area contributed by atoms with Gasteiger partial charge in [-0.05, 0) is 35.9 Å². The summed E-state index contributed by atoms with van der Waals surface area (Å²) in [5, 5.41) is 11.5. The van der Waals surface area contributed by atoms with Gasteiger partial charge in [-0.2, -0.15) is 5.26 Å². The summed E-state index contributed by atoms with van der Waals surface area (Å²) in [5.74, 6) is 0.267. The highest BCUT2D eigenvalue weighted by molar-refractivity contribution is 6.00. The van der Waals surface area contributed by atoms with E-state index in [-0.39, 0.29) is 11.1 Å². The highest BCUT2D eigenvalue weighted by Gasteiger charge is 2.11. The second-order valence-corrected chi connectivity index (χ2v) is 5.28. The number of hydrogen-bond acceptors (Lipinski definition) is 2. The Morgan fingerprint density at radius 3 is 2.58 bits per heavy atom. The van der Waals surface area contributed by atoms with Crippen molar-refractivity contribution >= 4 is 22.4 Å². The van der Waals surface area contributed by atoms with Crippen LogP contribution in [0, 0.1) is 17.1 Å². The summed E-state index contributed by atoms with van der Waals surface area (Å²) in [6, 6.07) is 20.1. The van der Waals surface area contributed by atoms with E-state index in [0.29, 0.717) is 12.4 Å². The lowest BCUT2D eigenvalue weighted by atomic mass is 9.98. The van der Waals surface area contributed by atoms with Crippen molar-refractivity contribution in [3.63, 3.8) is 0 Å². The normalized spacial score (nSPS) is 11.3. The van der Waals surface area contributed by atoms with Crippen LogP contribution in [-0.2, 0) is 0 Å². The molecule has 0 saturated heterocycles. The summed E-state index contributed by atoms with van der Waals surface area (Å²) < 4.78 is 19.8. The number of rotatable bonds is 4. The number of nitriles is 1. The average molecular weight is 317 g/mol. The van der Waals surface area contributed by atoms with Gasteiger partial charge < -0.3 is 4.74 Å². The molecule has 0 amide bonds. The van der Waals surface area contributed by atoms with Crippen molar-refractivity contribution in [2.75, 3.05) is 6.61 Å². The molecule has 0 aliphatic carbocycles. The lowest BCUT2D eigenvalue weighted by molar-refractivity contribution is 0.340. The Labute approximate surface area is 140 Å². The Morgan fingerprint density at radius 1 is 1.08 bits per heavy atom. The lowest BCUT2D eigenvalue weighted by Gasteiger charge is -2.11. The van der Waals surface area contributed by atoms with E-state index in [2.05, 4.69) is 6.07 Å². The van der Waals surface area contributed by atoms with Crippen LogP contribution in [0.15, 0.2) is 60.7 Å². The Kier molecular flexibility index (Phi) is 4.58. The molecule has 118 valence electrons. The Bertz CT molecular complexity index is 953. The largest absolute Gasteiger partial charge is 0.493 e. The number of nitrogens with zero attached hydrogens (tertiary/aromatic N) is 1. The molecular formula is C21H16FNO. The topological polar surface area (TPSA) is 33.0 Å². The lowest BCUT2D eigenvalue weighted by Crippen LogP contribution is -1.95. The van der Waals surface area contributed by atoms with Crippen LogP contribution in [0.25, 0.3) is 22.4 Å². The summed E-state index contributed by atoms with van der Waals surface area (Å²) >= 11 is 0. The number of fused-ring (bicyclic) bond motifs is 1. The summed E-state index contributed by atoms with van der Waals surface area (Å²) in [6.45, 7) is 2.42. The van der Waals surface area contributed by atoms with Gasteiger partial charge in [-0.25, -0.2) is 4.39 Å². The van der Waals surface area contributed by atoms with Crippen LogP contribution in [0.1, 0.15) is 18.1 Å². The van der Waals surface area contributed by atoms with Gasteiger partial charge in [-0.3, -0.25) is 0 Å². The highest BCUT2D eigenvalue weighted by atomic mass is 19.1. The van der Waals surface area contributed by atoms with Gasteiger partial charge in [0.2, 0.25) is 0 Å². The third kappa shape index (κ3) is 3.00. The van der Waals surface area contributed by atoms with E-state index >= 15 is 0 Å². The second-order valence-electron chi connectivity index (χ2n) is 5.28. The average Bonchev–Trinajstić information content (AvgIpc) is 2.62. The third-order valence-corrected chi connectivity index (χ3v) is 3.80. The molecule has 0 heterocycles. The van der Waals surface area contributed by atoms with Crippen LogP contribution in [0.3, 0.4) is 0 Å². The molecule has 24 heavy (non-hydrogen) atoms. The van der Waals surface area contributed by atoms with Crippen molar-refractivity contribution in [1.29, 1.82) is 5.26 Å². The first-order valence-electron chi connectivity index (χ1n) is 7.76. The Balaban J connectivity index is 2.25. The predicted molar refractivity (Wildman–Crippen MR) is 95.0 cm³/mol. The first kappa shape index (κ1) is 15.8. The van der Waals surface area contributed by atoms with Gasteiger partial charge >= 0.3 is 0 Å². The zero-order valence-corrected chi connectivity index (χ0v) is 13.3. The maximum Gasteiger partial charge on any atom is 0.131 e. The molecule has 3 heteroatoms. The molecule has 3 aromatic carbocycles. The smallest absolute Gasteiger partial charge is 0.131 e. The SMILES string of the molecule is CCOc1ccc2ccccc2c1C=C(C#N)c1ccccc1F. The van der Waals surface area contributed by atoms with Gasteiger partial charge in [0.05, 0.1) is 18.2 Å². The fourth-order valence-electron chi connectivity index (χ4n) is 2.70. The summed E-state index contributed by atoms with van der Waals surface area (Å²) in [7, 11) is 0. The van der Waals surface area contributed by atoms with E-state index in [1.807, 2.05) is 43.3 Å². The second kappa shape index (κ2) is 6.97. The van der Waals surface area contributed by atoms with Crippen molar-refractivity contribution < 1.29 is 9.13 Å². The number of allylic oxidation sites excluding steroid dienone is 1. The van der Waals surface area contributed by atoms with Gasteiger partial charge in [0.15, 0.2) is 0 Å². The number of benzene rings is 3. The molecule has 0 aliphatic rings. The number of halogens is 1. The Hall–Kier alpha value is -3.12. The predicted octanol–water partition coefficient (Wildman–Crippen LogP) is 5.44. The van der Waals surface area contributed by atoms with Crippen molar-refractivity contribution in [3.8, 4) is 11.8 Å². The third-order valence-electron chi connectivity index (χ3n) is 3.80. The van der Waals surface area contributed by atoms with Gasteiger partial charge in [-0.1, -0.05) is 48.5 Å². The van der Waals surface area contributed by atoms with E-state index in [1.165, 1.54) is 6.07 Å². The molecular weight excluding hydrogens is 301 g/mol. The maximum atomic E-state index is 14.1. The van der Waals surface area contributed by atoms with Crippen molar-refractivity contribution in [3.05, 3.63) is 77.6 Å². The van der Waals surface area contributed by atoms with Crippen LogP contribution in [0.4, 0.5) is 4.39 Å². The molecule has 0 unspecified atom stereocenters. The van der Waals surface area contributed by atoms with Crippen LogP contribution in [0.5, 0.6) is 5.75 Å². The molecule has 0 atom stereocenters. The van der Waals surface area contributed by atoms with E-state index in [1.54, 1.807) is 24.3 Å². The molecule has 2 nitrogen and oxygen atoms in total. The standard InChI is InChI=1S/C21H16FNO/c1-2-24-21-12-11-15-7-3-4-8-17(15)19(21)13-16(14-23)18-9-5-6-10-20(18)22/h3-13H,2H2,1H3. The fraction of sp³-hybridized carbons (Fsp3) is 0.0952. The summed E-state index contributed by atoms with van der Waals surface area (Å²) in [6.07, 6.45) is 1.70. The van der Waals surface area contributed by atoms with E-state index in [0.717, 1.165) is 16.3 Å². The number of hydrogen-bond donors (Lipinski definition) is 0. The first-order valence-corrected chi connectivity index (χ1v) is 7.76. The molecule has 0 saturated carbocycles. The fourth-order valence-corrected chi connectivity index (χ4v) is 2.70. The summed E-state index contributed by atoms with van der Waals surface area (Å²) in [5.41, 5.74) is 1.34. The summed E-state index contributed by atoms with van der Waals surface area (Å²) in [4.78, 5) is 0. The molecule has 0 aromatic heterocycles. The highest BCUT2D eigenvalue weighted by Crippen LogP contribution is 2.32. The van der Waals surface area contributed by atoms with Crippen LogP contribution in [-0.4, -0.2) is 6.61 Å². The van der Waals surface area contributed by atoms with E-state index in [4.69, 9.17) is 4.74 Å². The minimum absolute atomic E-state index is 0.269. The first-order chi connectivity index (χ1) is 11.7. The van der Waals surface area contributed by atoms with Crippen molar-refractivity contribution in [2.24, 2.45) is 0 Å². The molecule has 0 radical (unpaired) electrons. The van der Waals surface area contributed by atoms with Crippen LogP contribution < -0.4 is 4.74 Å². The van der Waals surface area contributed by atoms with Crippen LogP contribution >= 0.6 is 0 Å². The van der Waals surface area contributed by atoms with Crippen LogP contribution in [0.2, 0.25) is 0 Å². The van der Waals surface area contributed by atoms with E-state index in [9.17, 15) is 9.65 Å². The van der Waals surface area contributed by atoms with Crippen molar-refractivity contribution in [2.45, 2.75) is 6.92 Å². The molecule has 0 aliphatic heterocycles. The monoisotopic (exact) mass is 317 g/mol.